The Morgan fingerprint density at radius 3 is 2.68 bits per heavy atom. The second-order valence-electron chi connectivity index (χ2n) is 10.5. The van der Waals surface area contributed by atoms with E-state index in [0.29, 0.717) is 36.9 Å². The van der Waals surface area contributed by atoms with Crippen molar-refractivity contribution in [2.24, 2.45) is 0 Å². The Hall–Kier alpha value is -2.95. The first-order valence-electron chi connectivity index (χ1n) is 12.3. The number of nitrogens with one attached hydrogen (secondary N) is 1. The van der Waals surface area contributed by atoms with Crippen LogP contribution in [0, 0.1) is 12.7 Å². The fourth-order valence-corrected chi connectivity index (χ4v) is 5.14. The number of aromatic nitrogens is 3. The third-order valence-corrected chi connectivity index (χ3v) is 7.22. The van der Waals surface area contributed by atoms with E-state index in [1.165, 1.54) is 19.2 Å². The first-order valence-corrected chi connectivity index (χ1v) is 12.6. The zero-order valence-corrected chi connectivity index (χ0v) is 22.4. The third kappa shape index (κ3) is 4.97. The van der Waals surface area contributed by atoms with E-state index in [9.17, 15) is 15.0 Å². The zero-order chi connectivity index (χ0) is 27.3. The quantitative estimate of drug-likeness (QED) is 0.377. The molecule has 1 unspecified atom stereocenters. The molecule has 1 saturated carbocycles. The van der Waals surface area contributed by atoms with Crippen molar-refractivity contribution in [2.75, 3.05) is 5.73 Å². The lowest BCUT2D eigenvalue weighted by molar-refractivity contribution is 0.0711. The van der Waals surface area contributed by atoms with Crippen LogP contribution in [0.15, 0.2) is 18.5 Å². The molecule has 1 amide bonds. The summed E-state index contributed by atoms with van der Waals surface area (Å²) in [5.74, 6) is -1.40. The molecule has 0 aliphatic heterocycles. The van der Waals surface area contributed by atoms with E-state index in [2.05, 4.69) is 15.3 Å². The van der Waals surface area contributed by atoms with Crippen LogP contribution in [0.25, 0.3) is 5.52 Å². The normalized spacial score (nSPS) is 21.7. The number of aliphatic hydroxyl groups excluding tert-OH is 1. The smallest absolute Gasteiger partial charge is 0.258 e. The summed E-state index contributed by atoms with van der Waals surface area (Å²) < 4.78 is 23.1. The SMILES string of the molecule is Cc1nc(C(C)(O)c2cc(Cl)c(F)c(C(=O)NC3(C)CCC(O)CC3)c2OC(C)C)n2ccnc(N)c12. The molecule has 1 aliphatic carbocycles. The molecule has 37 heavy (non-hydrogen) atoms. The van der Waals surface area contributed by atoms with Crippen molar-refractivity contribution in [3.8, 4) is 5.75 Å². The van der Waals surface area contributed by atoms with Gasteiger partial charge >= 0.3 is 0 Å². The first-order chi connectivity index (χ1) is 17.2. The van der Waals surface area contributed by atoms with Crippen LogP contribution in [0.5, 0.6) is 5.75 Å². The van der Waals surface area contributed by atoms with E-state index in [4.69, 9.17) is 22.1 Å². The van der Waals surface area contributed by atoms with Crippen LogP contribution in [-0.2, 0) is 5.60 Å². The van der Waals surface area contributed by atoms with Gasteiger partial charge in [-0.25, -0.2) is 14.4 Å². The highest BCUT2D eigenvalue weighted by atomic mass is 35.5. The molecule has 1 aromatic carbocycles. The second-order valence-corrected chi connectivity index (χ2v) is 10.9. The molecule has 3 aromatic rings. The number of halogens is 2. The van der Waals surface area contributed by atoms with Gasteiger partial charge in [0.05, 0.1) is 22.9 Å². The lowest BCUT2D eigenvalue weighted by atomic mass is 9.81. The van der Waals surface area contributed by atoms with Crippen molar-refractivity contribution in [3.05, 3.63) is 51.9 Å². The van der Waals surface area contributed by atoms with Gasteiger partial charge in [0, 0.05) is 23.5 Å². The molecule has 5 N–H and O–H groups in total. The monoisotopic (exact) mass is 533 g/mol. The summed E-state index contributed by atoms with van der Waals surface area (Å²) in [6.07, 6.45) is 4.31. The van der Waals surface area contributed by atoms with Gasteiger partial charge in [0.1, 0.15) is 34.1 Å². The minimum Gasteiger partial charge on any atom is -0.490 e. The molecule has 0 saturated heterocycles. The van der Waals surface area contributed by atoms with Crippen molar-refractivity contribution >= 4 is 28.8 Å². The fraction of sp³-hybridized carbons (Fsp3) is 0.500. The van der Waals surface area contributed by atoms with Gasteiger partial charge in [-0.15, -0.1) is 0 Å². The van der Waals surface area contributed by atoms with Crippen molar-refractivity contribution in [1.29, 1.82) is 0 Å². The summed E-state index contributed by atoms with van der Waals surface area (Å²) in [6.45, 7) is 8.53. The predicted molar refractivity (Wildman–Crippen MR) is 138 cm³/mol. The first kappa shape index (κ1) is 27.1. The number of nitrogen functional groups attached to an aromatic ring is 1. The Balaban J connectivity index is 1.89. The Kier molecular flexibility index (Phi) is 7.13. The molecule has 2 aromatic heterocycles. The highest BCUT2D eigenvalue weighted by Gasteiger charge is 2.40. The number of benzene rings is 1. The average Bonchev–Trinajstić information content (AvgIpc) is 3.16. The standard InChI is InChI=1S/C26H33ClFN5O4/c1-13(2)37-21-16(26(5,36)24-31-14(3)20-22(29)30-10-11-33(20)24)12-17(27)19(28)18(21)23(35)32-25(4)8-6-15(34)7-9-25/h10-13,15,34,36H,6-9H2,1-5H3,(H2,29,30)(H,32,35). The Morgan fingerprint density at radius 2 is 2.05 bits per heavy atom. The molecule has 11 heteroatoms. The van der Waals surface area contributed by atoms with E-state index in [0.717, 1.165) is 0 Å². The molecule has 4 rings (SSSR count). The van der Waals surface area contributed by atoms with Gasteiger partial charge < -0.3 is 26.0 Å². The number of rotatable bonds is 6. The largest absolute Gasteiger partial charge is 0.490 e. The highest BCUT2D eigenvalue weighted by molar-refractivity contribution is 6.31. The minimum atomic E-state index is -1.87. The summed E-state index contributed by atoms with van der Waals surface area (Å²) in [5, 5.41) is 24.4. The number of aryl methyl sites for hydroxylation is 1. The van der Waals surface area contributed by atoms with E-state index in [1.807, 2.05) is 6.92 Å². The summed E-state index contributed by atoms with van der Waals surface area (Å²) >= 11 is 6.30. The van der Waals surface area contributed by atoms with Crippen LogP contribution >= 0.6 is 11.6 Å². The summed E-state index contributed by atoms with van der Waals surface area (Å²) in [7, 11) is 0. The average molecular weight is 534 g/mol. The topological polar surface area (TPSA) is 135 Å². The van der Waals surface area contributed by atoms with Crippen molar-refractivity contribution in [1.82, 2.24) is 19.7 Å². The molecule has 0 radical (unpaired) electrons. The summed E-state index contributed by atoms with van der Waals surface area (Å²) in [5.41, 5.74) is 4.25. The predicted octanol–water partition coefficient (Wildman–Crippen LogP) is 3.88. The number of hydrogen-bond donors (Lipinski definition) is 4. The van der Waals surface area contributed by atoms with Gasteiger partial charge in [-0.3, -0.25) is 9.20 Å². The van der Waals surface area contributed by atoms with Crippen molar-refractivity contribution < 1.29 is 24.1 Å². The summed E-state index contributed by atoms with van der Waals surface area (Å²) in [4.78, 5) is 22.2. The molecular formula is C26H33ClFN5O4. The summed E-state index contributed by atoms with van der Waals surface area (Å²) in [6, 6.07) is 1.25. The van der Waals surface area contributed by atoms with Crippen molar-refractivity contribution in [3.63, 3.8) is 0 Å². The number of hydrogen-bond acceptors (Lipinski definition) is 7. The van der Waals surface area contributed by atoms with Crippen LogP contribution in [0.1, 0.15) is 80.8 Å². The maximum absolute atomic E-state index is 15.5. The zero-order valence-electron chi connectivity index (χ0n) is 21.6. The van der Waals surface area contributed by atoms with Crippen LogP contribution in [-0.4, -0.2) is 48.2 Å². The Labute approximate surface area is 219 Å². The number of nitrogens with two attached hydrogens (primary N) is 1. The van der Waals surface area contributed by atoms with Gasteiger partial charge in [0.2, 0.25) is 0 Å². The maximum Gasteiger partial charge on any atom is 0.258 e. The van der Waals surface area contributed by atoms with E-state index in [1.54, 1.807) is 31.4 Å². The number of fused-ring (bicyclic) bond motifs is 1. The molecule has 9 nitrogen and oxygen atoms in total. The molecule has 0 spiro atoms. The van der Waals surface area contributed by atoms with Crippen LogP contribution < -0.4 is 15.8 Å². The van der Waals surface area contributed by atoms with Crippen LogP contribution in [0.2, 0.25) is 5.02 Å². The lowest BCUT2D eigenvalue weighted by Crippen LogP contribution is -2.49. The fourth-order valence-electron chi connectivity index (χ4n) is 4.94. The Morgan fingerprint density at radius 1 is 1.41 bits per heavy atom. The molecule has 2 heterocycles. The molecule has 1 aliphatic rings. The van der Waals surface area contributed by atoms with Gasteiger partial charge in [-0.1, -0.05) is 11.6 Å². The highest BCUT2D eigenvalue weighted by Crippen LogP contribution is 2.42. The molecule has 200 valence electrons. The number of nitrogens with zero attached hydrogens (tertiary/aromatic N) is 3. The second kappa shape index (κ2) is 9.74. The maximum atomic E-state index is 15.5. The number of imidazole rings is 1. The lowest BCUT2D eigenvalue weighted by Gasteiger charge is -2.37. The van der Waals surface area contributed by atoms with E-state index >= 15 is 4.39 Å². The van der Waals surface area contributed by atoms with Crippen molar-refractivity contribution in [2.45, 2.75) is 83.6 Å². The Bertz CT molecular complexity index is 1350. The number of carbonyl (C=O) groups is 1. The van der Waals surface area contributed by atoms with Crippen LogP contribution in [0.4, 0.5) is 10.2 Å². The molecular weight excluding hydrogens is 501 g/mol. The molecule has 1 fully saturated rings. The van der Waals surface area contributed by atoms with Gasteiger partial charge in [0.25, 0.3) is 5.91 Å². The van der Waals surface area contributed by atoms with E-state index < -0.39 is 40.6 Å². The van der Waals surface area contributed by atoms with Gasteiger partial charge in [-0.05, 0) is 66.4 Å². The number of ether oxygens (including phenoxy) is 1. The minimum absolute atomic E-state index is 0.0734. The van der Waals surface area contributed by atoms with Gasteiger partial charge in [0.15, 0.2) is 5.82 Å². The number of anilines is 1. The number of carbonyl (C=O) groups excluding carboxylic acids is 1. The number of aliphatic hydroxyl groups is 2. The van der Waals surface area contributed by atoms with E-state index in [-0.39, 0.29) is 28.0 Å². The third-order valence-electron chi connectivity index (χ3n) is 6.94. The number of amides is 1. The van der Waals surface area contributed by atoms with Gasteiger partial charge in [-0.2, -0.15) is 0 Å². The van der Waals surface area contributed by atoms with Crippen LogP contribution in [0.3, 0.4) is 0 Å². The molecule has 0 bridgehead atoms. The molecule has 1 atom stereocenters.